The SMILES string of the molecule is Cn1c(=O)[nH]c(=O)c2c1nc(NN)n2CCNc1ccccc1. The highest BCUT2D eigenvalue weighted by Gasteiger charge is 2.16. The third-order valence-corrected chi connectivity index (χ3v) is 3.57. The number of rotatable bonds is 5. The molecule has 3 aromatic rings. The Morgan fingerprint density at radius 2 is 2.00 bits per heavy atom. The number of aromatic nitrogens is 4. The van der Waals surface area contributed by atoms with Crippen LogP contribution in [0.15, 0.2) is 39.9 Å². The highest BCUT2D eigenvalue weighted by molar-refractivity contribution is 5.74. The Morgan fingerprint density at radius 1 is 1.26 bits per heavy atom. The Morgan fingerprint density at radius 3 is 2.70 bits per heavy atom. The molecule has 0 aliphatic rings. The molecule has 0 spiro atoms. The minimum absolute atomic E-state index is 0.284. The number of hydrazine groups is 1. The third-order valence-electron chi connectivity index (χ3n) is 3.57. The van der Waals surface area contributed by atoms with Crippen LogP contribution < -0.4 is 27.8 Å². The number of aromatic amines is 1. The van der Waals surface area contributed by atoms with E-state index in [9.17, 15) is 9.59 Å². The first-order valence-electron chi connectivity index (χ1n) is 7.07. The van der Waals surface area contributed by atoms with Crippen molar-refractivity contribution in [2.45, 2.75) is 6.54 Å². The molecule has 0 bridgehead atoms. The van der Waals surface area contributed by atoms with E-state index in [4.69, 9.17) is 5.84 Å². The molecule has 5 N–H and O–H groups in total. The van der Waals surface area contributed by atoms with Gasteiger partial charge in [-0.1, -0.05) is 18.2 Å². The van der Waals surface area contributed by atoms with Gasteiger partial charge >= 0.3 is 5.69 Å². The predicted molar refractivity (Wildman–Crippen MR) is 88.3 cm³/mol. The van der Waals surface area contributed by atoms with E-state index < -0.39 is 11.2 Å². The maximum Gasteiger partial charge on any atom is 0.329 e. The number of anilines is 2. The number of nitrogens with two attached hydrogens (primary N) is 1. The molecular weight excluding hydrogens is 298 g/mol. The van der Waals surface area contributed by atoms with Crippen LogP contribution in [0.5, 0.6) is 0 Å². The van der Waals surface area contributed by atoms with E-state index in [0.717, 1.165) is 5.69 Å². The zero-order valence-electron chi connectivity index (χ0n) is 12.5. The number of hydrogen-bond acceptors (Lipinski definition) is 6. The van der Waals surface area contributed by atoms with Crippen LogP contribution in [0.1, 0.15) is 0 Å². The highest BCUT2D eigenvalue weighted by Crippen LogP contribution is 2.14. The minimum atomic E-state index is -0.516. The molecule has 120 valence electrons. The van der Waals surface area contributed by atoms with E-state index in [1.165, 1.54) is 4.57 Å². The third kappa shape index (κ3) is 2.69. The number of hydrogen-bond donors (Lipinski definition) is 4. The van der Waals surface area contributed by atoms with Gasteiger partial charge in [0.1, 0.15) is 0 Å². The molecule has 0 radical (unpaired) electrons. The van der Waals surface area contributed by atoms with Crippen LogP contribution in [0, 0.1) is 0 Å². The van der Waals surface area contributed by atoms with Crippen LogP contribution in [0.4, 0.5) is 11.6 Å². The molecule has 9 heteroatoms. The summed E-state index contributed by atoms with van der Waals surface area (Å²) < 4.78 is 2.92. The number of nitrogens with zero attached hydrogens (tertiary/aromatic N) is 3. The molecule has 2 aromatic heterocycles. The van der Waals surface area contributed by atoms with E-state index in [0.29, 0.717) is 24.6 Å². The molecule has 0 saturated carbocycles. The second-order valence-corrected chi connectivity index (χ2v) is 5.01. The van der Waals surface area contributed by atoms with Gasteiger partial charge in [-0.15, -0.1) is 0 Å². The average molecular weight is 315 g/mol. The number of nitrogen functional groups attached to an aromatic ring is 1. The zero-order valence-corrected chi connectivity index (χ0v) is 12.5. The molecule has 0 saturated heterocycles. The molecule has 0 unspecified atom stereocenters. The average Bonchev–Trinajstić information content (AvgIpc) is 2.93. The smallest absolute Gasteiger partial charge is 0.329 e. The van der Waals surface area contributed by atoms with E-state index in [-0.39, 0.29) is 5.65 Å². The predicted octanol–water partition coefficient (Wildman–Crippen LogP) is -0.179. The minimum Gasteiger partial charge on any atom is -0.383 e. The van der Waals surface area contributed by atoms with Gasteiger partial charge in [-0.05, 0) is 12.1 Å². The van der Waals surface area contributed by atoms with Crippen molar-refractivity contribution in [3.63, 3.8) is 0 Å². The molecule has 3 rings (SSSR count). The molecule has 0 aliphatic carbocycles. The summed E-state index contributed by atoms with van der Waals surface area (Å²) in [6.45, 7) is 1.01. The lowest BCUT2D eigenvalue weighted by Crippen LogP contribution is -2.29. The summed E-state index contributed by atoms with van der Waals surface area (Å²) >= 11 is 0. The van der Waals surface area contributed by atoms with Gasteiger partial charge in [-0.2, -0.15) is 4.98 Å². The monoisotopic (exact) mass is 315 g/mol. The van der Waals surface area contributed by atoms with Crippen LogP contribution in [0.25, 0.3) is 11.2 Å². The number of aryl methyl sites for hydroxylation is 1. The number of benzene rings is 1. The van der Waals surface area contributed by atoms with Crippen LogP contribution in [0.3, 0.4) is 0 Å². The Bertz CT molecular complexity index is 939. The van der Waals surface area contributed by atoms with Crippen LogP contribution in [-0.2, 0) is 13.6 Å². The Balaban J connectivity index is 1.95. The molecular formula is C14H17N7O2. The van der Waals surface area contributed by atoms with E-state index in [1.54, 1.807) is 11.6 Å². The standard InChI is InChI=1S/C14H17N7O2/c1-20-11-10(12(22)18-14(20)23)21(13(17-11)19-15)8-7-16-9-5-3-2-4-6-9/h2-6,16H,7-8,15H2,1H3,(H,17,19)(H,18,22,23). The molecule has 23 heavy (non-hydrogen) atoms. The van der Waals surface area contributed by atoms with Gasteiger partial charge in [0.05, 0.1) is 0 Å². The number of fused-ring (bicyclic) bond motifs is 1. The van der Waals surface area contributed by atoms with Crippen molar-refractivity contribution in [3.8, 4) is 0 Å². The van der Waals surface area contributed by atoms with Gasteiger partial charge in [0.15, 0.2) is 11.2 Å². The lowest BCUT2D eigenvalue weighted by atomic mass is 10.3. The van der Waals surface area contributed by atoms with Crippen LogP contribution >= 0.6 is 0 Å². The van der Waals surface area contributed by atoms with Gasteiger partial charge in [0.2, 0.25) is 5.95 Å². The largest absolute Gasteiger partial charge is 0.383 e. The molecule has 9 nitrogen and oxygen atoms in total. The van der Waals surface area contributed by atoms with E-state index in [2.05, 4.69) is 20.7 Å². The maximum atomic E-state index is 12.1. The second kappa shape index (κ2) is 5.97. The number of para-hydroxylation sites is 1. The van der Waals surface area contributed by atoms with Crippen molar-refractivity contribution >= 4 is 22.8 Å². The molecule has 0 amide bonds. The van der Waals surface area contributed by atoms with Crippen LogP contribution in [0.2, 0.25) is 0 Å². The summed E-state index contributed by atoms with van der Waals surface area (Å²) in [5.41, 5.74) is 3.02. The Hall–Kier alpha value is -3.07. The topological polar surface area (TPSA) is 123 Å². The van der Waals surface area contributed by atoms with Crippen molar-refractivity contribution < 1.29 is 0 Å². The van der Waals surface area contributed by atoms with Crippen molar-refractivity contribution in [2.24, 2.45) is 12.9 Å². The first kappa shape index (κ1) is 14.9. The normalized spacial score (nSPS) is 10.9. The lowest BCUT2D eigenvalue weighted by Gasteiger charge is -2.10. The van der Waals surface area contributed by atoms with Gasteiger partial charge in [-0.25, -0.2) is 10.6 Å². The molecule has 2 heterocycles. The summed E-state index contributed by atoms with van der Waals surface area (Å²) in [6, 6.07) is 9.70. The highest BCUT2D eigenvalue weighted by atomic mass is 16.2. The maximum absolute atomic E-state index is 12.1. The summed E-state index contributed by atoms with van der Waals surface area (Å²) in [5.74, 6) is 5.80. The van der Waals surface area contributed by atoms with Crippen molar-refractivity contribution in [2.75, 3.05) is 17.3 Å². The van der Waals surface area contributed by atoms with Crippen molar-refractivity contribution in [1.29, 1.82) is 0 Å². The fourth-order valence-electron chi connectivity index (χ4n) is 2.43. The molecule has 0 aliphatic heterocycles. The Kier molecular flexibility index (Phi) is 3.85. The first-order valence-corrected chi connectivity index (χ1v) is 7.07. The van der Waals surface area contributed by atoms with Gasteiger partial charge in [0, 0.05) is 25.8 Å². The van der Waals surface area contributed by atoms with Crippen LogP contribution in [-0.4, -0.2) is 25.6 Å². The van der Waals surface area contributed by atoms with Gasteiger partial charge in [-0.3, -0.25) is 19.8 Å². The van der Waals surface area contributed by atoms with Crippen molar-refractivity contribution in [1.82, 2.24) is 19.1 Å². The fourth-order valence-corrected chi connectivity index (χ4v) is 2.43. The number of H-pyrrole nitrogens is 1. The van der Waals surface area contributed by atoms with Gasteiger partial charge in [0.25, 0.3) is 5.56 Å². The first-order chi connectivity index (χ1) is 11.1. The lowest BCUT2D eigenvalue weighted by molar-refractivity contribution is 0.747. The quantitative estimate of drug-likeness (QED) is 0.383. The van der Waals surface area contributed by atoms with Crippen molar-refractivity contribution in [3.05, 3.63) is 51.2 Å². The molecule has 0 atom stereocenters. The van der Waals surface area contributed by atoms with Gasteiger partial charge < -0.3 is 9.88 Å². The second-order valence-electron chi connectivity index (χ2n) is 5.01. The zero-order chi connectivity index (χ0) is 16.4. The van der Waals surface area contributed by atoms with E-state index in [1.807, 2.05) is 30.3 Å². The van der Waals surface area contributed by atoms with E-state index >= 15 is 0 Å². The molecule has 1 aromatic carbocycles. The molecule has 0 fully saturated rings. The number of imidazole rings is 1. The summed E-state index contributed by atoms with van der Waals surface area (Å²) in [4.78, 5) is 30.3. The summed E-state index contributed by atoms with van der Waals surface area (Å²) in [5, 5.41) is 3.25. The number of nitrogens with one attached hydrogen (secondary N) is 3. The summed E-state index contributed by atoms with van der Waals surface area (Å²) in [6.07, 6.45) is 0. The fraction of sp³-hybridized carbons (Fsp3) is 0.214. The Labute approximate surface area is 130 Å². The summed E-state index contributed by atoms with van der Waals surface area (Å²) in [7, 11) is 1.54.